The molecule has 1 heterocycles. The molecular weight excluding hydrogens is 604 g/mol. The second-order valence-corrected chi connectivity index (χ2v) is 12.4. The van der Waals surface area contributed by atoms with Gasteiger partial charge in [0, 0.05) is 20.6 Å². The summed E-state index contributed by atoms with van der Waals surface area (Å²) in [6.07, 6.45) is -0.138. The number of alkyl carbamates (subject to hydrolysis) is 1. The molecule has 3 rings (SSSR count). The summed E-state index contributed by atoms with van der Waals surface area (Å²) >= 11 is 0. The van der Waals surface area contributed by atoms with Gasteiger partial charge in [0.1, 0.15) is 17.7 Å². The predicted octanol–water partition coefficient (Wildman–Crippen LogP) is 2.48. The van der Waals surface area contributed by atoms with Gasteiger partial charge in [0.2, 0.25) is 11.8 Å². The molecule has 4 amide bonds. The van der Waals surface area contributed by atoms with E-state index in [-0.39, 0.29) is 25.2 Å². The van der Waals surface area contributed by atoms with Gasteiger partial charge in [-0.1, -0.05) is 74.5 Å². The summed E-state index contributed by atoms with van der Waals surface area (Å²) in [6.45, 7) is 5.85. The lowest BCUT2D eigenvalue weighted by atomic mass is 9.93. The molecule has 12 heteroatoms. The van der Waals surface area contributed by atoms with Crippen LogP contribution in [0.2, 0.25) is 0 Å². The fraction of sp³-hybridized carbons (Fsp3) is 0.514. The van der Waals surface area contributed by atoms with Gasteiger partial charge >= 0.3 is 6.09 Å². The Bertz CT molecular complexity index is 1330. The van der Waals surface area contributed by atoms with Gasteiger partial charge < -0.3 is 35.5 Å². The topological polar surface area (TPSA) is 164 Å². The maximum atomic E-state index is 13.8. The minimum absolute atomic E-state index is 0.129. The largest absolute Gasteiger partial charge is 0.436 e. The number of nitrogens with one attached hydrogen (secondary N) is 4. The number of benzene rings is 2. The van der Waals surface area contributed by atoms with E-state index >= 15 is 0 Å². The number of epoxide rings is 1. The van der Waals surface area contributed by atoms with Crippen LogP contribution in [0, 0.1) is 5.92 Å². The molecule has 12 nitrogen and oxygen atoms in total. The fourth-order valence-corrected chi connectivity index (χ4v) is 4.98. The van der Waals surface area contributed by atoms with Crippen LogP contribution in [-0.2, 0) is 46.2 Å². The Morgan fingerprint density at radius 2 is 1.34 bits per heavy atom. The summed E-state index contributed by atoms with van der Waals surface area (Å²) in [4.78, 5) is 66.2. The van der Waals surface area contributed by atoms with Crippen molar-refractivity contribution in [3.8, 4) is 0 Å². The molecule has 1 fully saturated rings. The van der Waals surface area contributed by atoms with E-state index in [0.29, 0.717) is 31.8 Å². The number of ketones is 1. The van der Waals surface area contributed by atoms with Crippen molar-refractivity contribution in [2.45, 2.75) is 82.7 Å². The predicted molar refractivity (Wildman–Crippen MR) is 175 cm³/mol. The first-order valence-corrected chi connectivity index (χ1v) is 16.0. The van der Waals surface area contributed by atoms with Crippen molar-refractivity contribution in [1.29, 1.82) is 0 Å². The zero-order valence-electron chi connectivity index (χ0n) is 27.9. The number of hydrogen-bond donors (Lipinski definition) is 4. The molecule has 0 aliphatic carbocycles. The minimum Gasteiger partial charge on any atom is -0.436 e. The maximum Gasteiger partial charge on any atom is 0.407 e. The van der Waals surface area contributed by atoms with Crippen molar-refractivity contribution in [3.63, 3.8) is 0 Å². The van der Waals surface area contributed by atoms with E-state index in [9.17, 15) is 24.0 Å². The van der Waals surface area contributed by atoms with Crippen molar-refractivity contribution < 1.29 is 38.2 Å². The third-order valence-electron chi connectivity index (χ3n) is 7.93. The molecule has 1 saturated heterocycles. The number of hydrogen-bond acceptors (Lipinski definition) is 8. The molecular formula is C35H48N4O8. The summed E-state index contributed by atoms with van der Waals surface area (Å²) in [5.41, 5.74) is 0.788. The normalized spacial score (nSPS) is 17.8. The van der Waals surface area contributed by atoms with E-state index in [0.717, 1.165) is 11.1 Å². The molecule has 5 atom stereocenters. The number of ether oxygens (including phenoxy) is 3. The molecule has 0 unspecified atom stereocenters. The average molecular weight is 653 g/mol. The molecule has 0 aromatic heterocycles. The van der Waals surface area contributed by atoms with Crippen molar-refractivity contribution in [2.24, 2.45) is 5.92 Å². The molecule has 47 heavy (non-hydrogen) atoms. The monoisotopic (exact) mass is 652 g/mol. The molecule has 0 radical (unpaired) electrons. The highest BCUT2D eigenvalue weighted by Crippen LogP contribution is 2.29. The lowest BCUT2D eigenvalue weighted by Gasteiger charge is -2.27. The van der Waals surface area contributed by atoms with Crippen LogP contribution in [0.5, 0.6) is 0 Å². The van der Waals surface area contributed by atoms with E-state index in [1.165, 1.54) is 14.2 Å². The van der Waals surface area contributed by atoms with Crippen molar-refractivity contribution >= 4 is 29.6 Å². The van der Waals surface area contributed by atoms with Gasteiger partial charge in [-0.25, -0.2) is 4.79 Å². The second-order valence-electron chi connectivity index (χ2n) is 12.4. The smallest absolute Gasteiger partial charge is 0.407 e. The lowest BCUT2D eigenvalue weighted by Crippen LogP contribution is -2.59. The van der Waals surface area contributed by atoms with E-state index in [1.807, 2.05) is 74.5 Å². The van der Waals surface area contributed by atoms with Crippen LogP contribution in [0.25, 0.3) is 0 Å². The zero-order valence-corrected chi connectivity index (χ0v) is 27.9. The zero-order chi connectivity index (χ0) is 34.4. The van der Waals surface area contributed by atoms with E-state index in [1.54, 1.807) is 6.92 Å². The SMILES string of the molecule is CNC(=O)O[C@@H](CCc1ccccc1)C(=O)N[C@@H](COC)C(=O)N[C@@H](Cc1ccccc1)C(=O)N[C@@H](CCC(C)C)C(=O)[C@@]1(C)CO1. The number of carbonyl (C=O) groups excluding carboxylic acids is 5. The first-order chi connectivity index (χ1) is 22.4. The van der Waals surface area contributed by atoms with Gasteiger partial charge in [0.25, 0.3) is 5.91 Å². The quantitative estimate of drug-likeness (QED) is 0.168. The second kappa shape index (κ2) is 18.2. The van der Waals surface area contributed by atoms with Gasteiger partial charge in [-0.15, -0.1) is 0 Å². The van der Waals surface area contributed by atoms with E-state index in [4.69, 9.17) is 14.2 Å². The van der Waals surface area contributed by atoms with Crippen LogP contribution in [0.1, 0.15) is 51.2 Å². The number of rotatable bonds is 19. The number of carbonyl (C=O) groups is 5. The number of Topliss-reactive ketones (excluding diaryl/α,β-unsaturated/α-hetero) is 1. The highest BCUT2D eigenvalue weighted by atomic mass is 16.6. The van der Waals surface area contributed by atoms with Gasteiger partial charge in [-0.05, 0) is 49.7 Å². The molecule has 1 aliphatic heterocycles. The van der Waals surface area contributed by atoms with Crippen LogP contribution in [0.4, 0.5) is 4.79 Å². The maximum absolute atomic E-state index is 13.8. The van der Waals surface area contributed by atoms with E-state index in [2.05, 4.69) is 21.3 Å². The Morgan fingerprint density at radius 1 is 0.787 bits per heavy atom. The van der Waals surface area contributed by atoms with Crippen LogP contribution in [-0.4, -0.2) is 86.8 Å². The standard InChI is InChI=1S/C35H48N4O8/c1-23(2)16-18-26(30(40)35(3)22-46-35)37-31(41)27(20-25-14-10-7-11-15-25)38-32(42)28(21-45-5)39-33(43)29(47-34(44)36-4)19-17-24-12-8-6-9-13-24/h6-15,23,26-29H,16-22H2,1-5H3,(H,36,44)(H,37,41)(H,38,42)(H,39,43)/t26-,27-,28-,29-,35+/m0/s1. The van der Waals surface area contributed by atoms with E-state index < -0.39 is 53.6 Å². The fourth-order valence-electron chi connectivity index (χ4n) is 4.98. The molecule has 2 aromatic rings. The summed E-state index contributed by atoms with van der Waals surface area (Å²) in [7, 11) is 2.76. The Kier molecular flexibility index (Phi) is 14.4. The Hall–Kier alpha value is -4.29. The van der Waals surface area contributed by atoms with Crippen LogP contribution in [0.15, 0.2) is 60.7 Å². The van der Waals surface area contributed by atoms with Crippen LogP contribution in [0.3, 0.4) is 0 Å². The molecule has 1 aliphatic rings. The summed E-state index contributed by atoms with van der Waals surface area (Å²) in [6, 6.07) is 15.4. The number of methoxy groups -OCH3 is 1. The molecule has 0 saturated carbocycles. The third-order valence-corrected chi connectivity index (χ3v) is 7.93. The summed E-state index contributed by atoms with van der Waals surface area (Å²) in [5.74, 6) is -1.82. The molecule has 256 valence electrons. The number of aryl methyl sites for hydroxylation is 1. The molecule has 0 spiro atoms. The summed E-state index contributed by atoms with van der Waals surface area (Å²) < 4.78 is 16.0. The third kappa shape index (κ3) is 12.1. The molecule has 2 aromatic carbocycles. The van der Waals surface area contributed by atoms with Crippen molar-refractivity contribution in [1.82, 2.24) is 21.3 Å². The van der Waals surface area contributed by atoms with Gasteiger partial charge in [0.15, 0.2) is 11.9 Å². The van der Waals surface area contributed by atoms with Crippen LogP contribution < -0.4 is 21.3 Å². The Labute approximate surface area is 276 Å². The Balaban J connectivity index is 1.78. The number of amides is 4. The molecule has 0 bridgehead atoms. The van der Waals surface area contributed by atoms with Crippen LogP contribution >= 0.6 is 0 Å². The highest BCUT2D eigenvalue weighted by molar-refractivity contribution is 5.98. The van der Waals surface area contributed by atoms with Gasteiger partial charge in [-0.3, -0.25) is 19.2 Å². The first kappa shape index (κ1) is 37.2. The van der Waals surface area contributed by atoms with Gasteiger partial charge in [0.05, 0.1) is 19.3 Å². The molecule has 4 N–H and O–H groups in total. The minimum atomic E-state index is -1.22. The van der Waals surface area contributed by atoms with Crippen molar-refractivity contribution in [2.75, 3.05) is 27.4 Å². The van der Waals surface area contributed by atoms with Crippen molar-refractivity contribution in [3.05, 3.63) is 71.8 Å². The summed E-state index contributed by atoms with van der Waals surface area (Å²) in [5, 5.41) is 10.6. The average Bonchev–Trinajstić information content (AvgIpc) is 3.82. The Morgan fingerprint density at radius 3 is 1.89 bits per heavy atom. The lowest BCUT2D eigenvalue weighted by molar-refractivity contribution is -0.137. The van der Waals surface area contributed by atoms with Gasteiger partial charge in [-0.2, -0.15) is 0 Å². The first-order valence-electron chi connectivity index (χ1n) is 16.0. The highest BCUT2D eigenvalue weighted by Gasteiger charge is 2.50.